The molecule has 1 aliphatic heterocycles. The molecule has 2 aromatic rings. The zero-order chi connectivity index (χ0) is 31.1. The van der Waals surface area contributed by atoms with E-state index >= 15 is 8.78 Å². The van der Waals surface area contributed by atoms with Gasteiger partial charge in [0.05, 0.1) is 43.1 Å². The number of ether oxygens (including phenoxy) is 1. The molecule has 5 atom stereocenters. The zero-order valence-electron chi connectivity index (χ0n) is 23.8. The van der Waals surface area contributed by atoms with Crippen LogP contribution in [0.25, 0.3) is 0 Å². The van der Waals surface area contributed by atoms with Gasteiger partial charge in [0, 0.05) is 35.6 Å². The van der Waals surface area contributed by atoms with Crippen molar-refractivity contribution in [2.24, 2.45) is 5.41 Å². The van der Waals surface area contributed by atoms with Crippen LogP contribution >= 0.6 is 23.2 Å². The van der Waals surface area contributed by atoms with Crippen molar-refractivity contribution < 1.29 is 33.6 Å². The number of hydrogen-bond acceptors (Lipinski definition) is 7. The van der Waals surface area contributed by atoms with Gasteiger partial charge in [0.25, 0.3) is 0 Å². The molecule has 0 amide bonds. The molecule has 0 bridgehead atoms. The SMILES string of the molecule is CC(C)(CCOCCO)C[C@@H]1N[C@@H](C(=O)CCC[C@H](O)CO)[C@H](c2cccc(Cl)c2F)[C@@]1(C#N)c1ccc(Cl)cc1F. The van der Waals surface area contributed by atoms with Gasteiger partial charge in [-0.15, -0.1) is 0 Å². The first-order valence-corrected chi connectivity index (χ1v) is 14.7. The molecule has 11 heteroatoms. The molecule has 0 aliphatic carbocycles. The second-order valence-corrected chi connectivity index (χ2v) is 12.4. The molecular formula is C31H38Cl2F2N2O5. The van der Waals surface area contributed by atoms with E-state index in [0.717, 1.165) is 6.07 Å². The maximum Gasteiger partial charge on any atom is 0.150 e. The van der Waals surface area contributed by atoms with Crippen LogP contribution in [0, 0.1) is 28.4 Å². The second-order valence-electron chi connectivity index (χ2n) is 11.6. The summed E-state index contributed by atoms with van der Waals surface area (Å²) in [5, 5.41) is 42.2. The van der Waals surface area contributed by atoms with Crippen molar-refractivity contribution in [1.29, 1.82) is 5.26 Å². The fraction of sp³-hybridized carbons (Fsp3) is 0.548. The molecule has 0 saturated carbocycles. The molecule has 2 aromatic carbocycles. The van der Waals surface area contributed by atoms with Gasteiger partial charge < -0.3 is 25.4 Å². The lowest BCUT2D eigenvalue weighted by Crippen LogP contribution is -2.45. The molecular weight excluding hydrogens is 589 g/mol. The minimum absolute atomic E-state index is 0.00577. The summed E-state index contributed by atoms with van der Waals surface area (Å²) in [6.45, 7) is 3.85. The average Bonchev–Trinajstić information content (AvgIpc) is 3.26. The van der Waals surface area contributed by atoms with E-state index in [1.54, 1.807) is 0 Å². The summed E-state index contributed by atoms with van der Waals surface area (Å²) in [5.41, 5.74) is -2.26. The number of Topliss-reactive ketones (excluding diaryl/α,β-unsaturated/α-hetero) is 1. The monoisotopic (exact) mass is 626 g/mol. The number of ketones is 1. The predicted molar refractivity (Wildman–Crippen MR) is 156 cm³/mol. The zero-order valence-corrected chi connectivity index (χ0v) is 25.3. The molecule has 1 fully saturated rings. The van der Waals surface area contributed by atoms with E-state index in [0.29, 0.717) is 13.0 Å². The smallest absolute Gasteiger partial charge is 0.150 e. The Morgan fingerprint density at radius 1 is 1.21 bits per heavy atom. The number of halogens is 4. The Morgan fingerprint density at radius 2 is 1.95 bits per heavy atom. The van der Waals surface area contributed by atoms with Crippen molar-refractivity contribution in [3.63, 3.8) is 0 Å². The van der Waals surface area contributed by atoms with E-state index in [1.807, 2.05) is 13.8 Å². The first-order valence-electron chi connectivity index (χ1n) is 14.0. The van der Waals surface area contributed by atoms with Gasteiger partial charge in [0.15, 0.2) is 0 Å². The third kappa shape index (κ3) is 7.67. The lowest BCUT2D eigenvalue weighted by Gasteiger charge is -2.38. The Morgan fingerprint density at radius 3 is 2.60 bits per heavy atom. The molecule has 7 nitrogen and oxygen atoms in total. The summed E-state index contributed by atoms with van der Waals surface area (Å²) >= 11 is 12.2. The molecule has 0 aromatic heterocycles. The molecule has 3 rings (SSSR count). The fourth-order valence-electron chi connectivity index (χ4n) is 5.92. The molecule has 0 spiro atoms. The summed E-state index contributed by atoms with van der Waals surface area (Å²) in [6.07, 6.45) is 0.226. The summed E-state index contributed by atoms with van der Waals surface area (Å²) in [6, 6.07) is 8.72. The number of rotatable bonds is 15. The van der Waals surface area contributed by atoms with Crippen LogP contribution in [0.4, 0.5) is 8.78 Å². The fourth-order valence-corrected chi connectivity index (χ4v) is 6.27. The van der Waals surface area contributed by atoms with Crippen LogP contribution in [0.1, 0.15) is 63.0 Å². The molecule has 4 N–H and O–H groups in total. The van der Waals surface area contributed by atoms with Gasteiger partial charge in [-0.2, -0.15) is 5.26 Å². The lowest BCUT2D eigenvalue weighted by atomic mass is 9.62. The minimum Gasteiger partial charge on any atom is -0.394 e. The van der Waals surface area contributed by atoms with Crippen molar-refractivity contribution in [2.75, 3.05) is 26.4 Å². The van der Waals surface area contributed by atoms with E-state index in [4.69, 9.17) is 38.2 Å². The average molecular weight is 628 g/mol. The largest absolute Gasteiger partial charge is 0.394 e. The van der Waals surface area contributed by atoms with Crippen LogP contribution in [0.15, 0.2) is 36.4 Å². The number of benzene rings is 2. The number of nitriles is 1. The number of aliphatic hydroxyl groups excluding tert-OH is 3. The van der Waals surface area contributed by atoms with Gasteiger partial charge in [-0.05, 0) is 54.9 Å². The van der Waals surface area contributed by atoms with Gasteiger partial charge in [-0.25, -0.2) is 8.78 Å². The Balaban J connectivity index is 2.18. The van der Waals surface area contributed by atoms with E-state index in [2.05, 4.69) is 11.4 Å². The Hall–Kier alpha value is -2.16. The summed E-state index contributed by atoms with van der Waals surface area (Å²) < 4.78 is 37.0. The Labute approximate surface area is 255 Å². The highest BCUT2D eigenvalue weighted by Gasteiger charge is 2.61. The van der Waals surface area contributed by atoms with Crippen molar-refractivity contribution in [1.82, 2.24) is 5.32 Å². The molecule has 0 radical (unpaired) electrons. The maximum atomic E-state index is 15.8. The highest BCUT2D eigenvalue weighted by Crippen LogP contribution is 2.53. The highest BCUT2D eigenvalue weighted by atomic mass is 35.5. The van der Waals surface area contributed by atoms with Gasteiger partial charge in [-0.1, -0.05) is 55.2 Å². The summed E-state index contributed by atoms with van der Waals surface area (Å²) in [5.74, 6) is -3.07. The first kappa shape index (κ1) is 34.3. The number of nitrogens with one attached hydrogen (secondary N) is 1. The summed E-state index contributed by atoms with van der Waals surface area (Å²) in [7, 11) is 0. The van der Waals surface area contributed by atoms with Gasteiger partial charge >= 0.3 is 0 Å². The third-order valence-corrected chi connectivity index (χ3v) is 8.59. The Kier molecular flexibility index (Phi) is 12.3. The number of aliphatic hydroxyl groups is 3. The van der Waals surface area contributed by atoms with E-state index in [9.17, 15) is 15.2 Å². The second kappa shape index (κ2) is 15.0. The maximum absolute atomic E-state index is 15.8. The van der Waals surface area contributed by atoms with Crippen molar-refractivity contribution in [3.8, 4) is 6.07 Å². The molecule has 0 unspecified atom stereocenters. The van der Waals surface area contributed by atoms with Gasteiger partial charge in [0.1, 0.15) is 22.8 Å². The Bertz CT molecular complexity index is 1270. The lowest BCUT2D eigenvalue weighted by molar-refractivity contribution is -0.121. The number of carbonyl (C=O) groups is 1. The minimum atomic E-state index is -1.76. The van der Waals surface area contributed by atoms with Crippen LogP contribution < -0.4 is 5.32 Å². The standard InChI is InChI=1S/C31H38Cl2F2N2O5/c1-30(2,11-13-42-14-12-38)16-26-31(18-36,22-10-9-19(32)15-24(22)34)27(21-6-4-7-23(33)28(21)35)29(37-26)25(41)8-3-5-20(40)17-39/h4,6-7,9-10,15,20,26-27,29,37-40H,3,5,8,11-14,16-17H2,1-2H3/t20-,26-,27-,29-,31-/m0/s1. The van der Waals surface area contributed by atoms with Crippen LogP contribution in [-0.2, 0) is 14.9 Å². The quantitative estimate of drug-likeness (QED) is 0.204. The molecule has 1 saturated heterocycles. The normalized spacial score (nSPS) is 23.1. The number of hydrogen-bond donors (Lipinski definition) is 4. The third-order valence-electron chi connectivity index (χ3n) is 8.07. The van der Waals surface area contributed by atoms with Crippen LogP contribution in [0.5, 0.6) is 0 Å². The van der Waals surface area contributed by atoms with Crippen LogP contribution in [0.2, 0.25) is 10.0 Å². The van der Waals surface area contributed by atoms with E-state index < -0.39 is 53.2 Å². The molecule has 1 aliphatic rings. The predicted octanol–water partition coefficient (Wildman–Crippen LogP) is 5.07. The summed E-state index contributed by atoms with van der Waals surface area (Å²) in [4.78, 5) is 13.8. The van der Waals surface area contributed by atoms with E-state index in [-0.39, 0.29) is 65.9 Å². The van der Waals surface area contributed by atoms with Crippen molar-refractivity contribution >= 4 is 29.0 Å². The van der Waals surface area contributed by atoms with Crippen molar-refractivity contribution in [2.45, 2.75) is 75.5 Å². The topological polar surface area (TPSA) is 123 Å². The number of carbonyl (C=O) groups excluding carboxylic acids is 1. The molecule has 230 valence electrons. The van der Waals surface area contributed by atoms with Gasteiger partial charge in [-0.3, -0.25) is 4.79 Å². The highest BCUT2D eigenvalue weighted by molar-refractivity contribution is 6.31. The van der Waals surface area contributed by atoms with E-state index in [1.165, 1.54) is 30.3 Å². The van der Waals surface area contributed by atoms with Crippen LogP contribution in [0.3, 0.4) is 0 Å². The number of nitrogens with zero attached hydrogens (tertiary/aromatic N) is 1. The molecule has 1 heterocycles. The van der Waals surface area contributed by atoms with Gasteiger partial charge in [0.2, 0.25) is 0 Å². The first-order chi connectivity index (χ1) is 19.9. The molecule has 42 heavy (non-hydrogen) atoms. The van der Waals surface area contributed by atoms with Crippen molar-refractivity contribution in [3.05, 3.63) is 69.2 Å². The van der Waals surface area contributed by atoms with Crippen LogP contribution in [-0.4, -0.2) is 65.7 Å².